The number of benzene rings is 1. The fraction of sp³-hybridized carbons (Fsp3) is 0.588. The Bertz CT molecular complexity index is 459. The summed E-state index contributed by atoms with van der Waals surface area (Å²) in [4.78, 5) is 11.3. The molecule has 2 unspecified atom stereocenters. The largest absolute Gasteiger partial charge is 0.511 e. The number of unbranched alkanes of at least 4 members (excludes halogenated alkanes) is 1. The number of aryl methyl sites for hydroxylation is 1. The van der Waals surface area contributed by atoms with E-state index in [1.54, 1.807) is 6.92 Å². The molecule has 1 rings (SSSR count). The van der Waals surface area contributed by atoms with E-state index in [1.807, 2.05) is 32.0 Å². The molecule has 0 aliphatic carbocycles. The number of carbonyl (C=O) groups is 1. The quantitative estimate of drug-likeness (QED) is 0.271. The molecule has 0 aliphatic heterocycles. The van der Waals surface area contributed by atoms with E-state index in [4.69, 9.17) is 9.26 Å². The lowest BCUT2D eigenvalue weighted by Crippen LogP contribution is -2.24. The van der Waals surface area contributed by atoms with Crippen molar-refractivity contribution in [3.63, 3.8) is 0 Å². The van der Waals surface area contributed by atoms with Crippen LogP contribution >= 0.6 is 8.03 Å². The van der Waals surface area contributed by atoms with E-state index in [0.29, 0.717) is 12.6 Å². The van der Waals surface area contributed by atoms with Crippen LogP contribution in [0.5, 0.6) is 0 Å². The standard InChI is InChI=1S/C17H26O4P/c1-4-16(18)20-17(14(2)3)21-22(19)13-9-8-12-15-10-6-5-7-11-15/h5-7,10-11,14,17H,4,8-9,12-13H2,1-3H3/q+1. The molecule has 0 radical (unpaired) electrons. The molecular weight excluding hydrogens is 299 g/mol. The zero-order chi connectivity index (χ0) is 16.4. The maximum atomic E-state index is 12.0. The summed E-state index contributed by atoms with van der Waals surface area (Å²) in [6.45, 7) is 5.49. The van der Waals surface area contributed by atoms with E-state index in [-0.39, 0.29) is 11.9 Å². The average Bonchev–Trinajstić information content (AvgIpc) is 2.51. The van der Waals surface area contributed by atoms with Crippen molar-refractivity contribution < 1.29 is 18.6 Å². The fourth-order valence-electron chi connectivity index (χ4n) is 1.88. The molecule has 5 heteroatoms. The van der Waals surface area contributed by atoms with Crippen LogP contribution < -0.4 is 0 Å². The fourth-order valence-corrected chi connectivity index (χ4v) is 2.98. The van der Waals surface area contributed by atoms with Gasteiger partial charge >= 0.3 is 14.0 Å². The van der Waals surface area contributed by atoms with Gasteiger partial charge in [0.2, 0.25) is 0 Å². The highest BCUT2D eigenvalue weighted by Crippen LogP contribution is 2.29. The van der Waals surface area contributed by atoms with Gasteiger partial charge in [0.15, 0.2) is 6.16 Å². The molecule has 0 heterocycles. The Morgan fingerprint density at radius 2 is 1.86 bits per heavy atom. The van der Waals surface area contributed by atoms with Crippen LogP contribution in [0.25, 0.3) is 0 Å². The van der Waals surface area contributed by atoms with Crippen LogP contribution in [-0.4, -0.2) is 18.4 Å². The highest BCUT2D eigenvalue weighted by molar-refractivity contribution is 7.39. The zero-order valence-electron chi connectivity index (χ0n) is 13.7. The molecular formula is C17H26O4P+. The van der Waals surface area contributed by atoms with Gasteiger partial charge in [-0.1, -0.05) is 51.1 Å². The van der Waals surface area contributed by atoms with Crippen molar-refractivity contribution in [3.05, 3.63) is 35.9 Å². The second-order valence-electron chi connectivity index (χ2n) is 5.56. The highest BCUT2D eigenvalue weighted by atomic mass is 31.1. The molecule has 0 saturated carbocycles. The molecule has 4 nitrogen and oxygen atoms in total. The van der Waals surface area contributed by atoms with Crippen LogP contribution in [0.3, 0.4) is 0 Å². The maximum absolute atomic E-state index is 12.0. The van der Waals surface area contributed by atoms with Crippen molar-refractivity contribution in [1.29, 1.82) is 0 Å². The smallest absolute Gasteiger partial charge is 0.431 e. The van der Waals surface area contributed by atoms with E-state index in [2.05, 4.69) is 12.1 Å². The summed E-state index contributed by atoms with van der Waals surface area (Å²) in [5.41, 5.74) is 1.29. The summed E-state index contributed by atoms with van der Waals surface area (Å²) in [6.07, 6.45) is 2.84. The summed E-state index contributed by atoms with van der Waals surface area (Å²) in [6, 6.07) is 10.2. The van der Waals surface area contributed by atoms with E-state index in [9.17, 15) is 9.36 Å². The van der Waals surface area contributed by atoms with E-state index in [0.717, 1.165) is 19.3 Å². The molecule has 0 spiro atoms. The van der Waals surface area contributed by atoms with Crippen molar-refractivity contribution in [1.82, 2.24) is 0 Å². The lowest BCUT2D eigenvalue weighted by atomic mass is 10.1. The number of rotatable bonds is 10. The molecule has 2 atom stereocenters. The molecule has 0 amide bonds. The average molecular weight is 325 g/mol. The number of hydrogen-bond acceptors (Lipinski definition) is 4. The van der Waals surface area contributed by atoms with E-state index >= 15 is 0 Å². The summed E-state index contributed by atoms with van der Waals surface area (Å²) in [5, 5.41) is 0. The second-order valence-corrected chi connectivity index (χ2v) is 6.88. The number of ether oxygens (including phenoxy) is 1. The van der Waals surface area contributed by atoms with Crippen LogP contribution in [0.1, 0.15) is 45.6 Å². The van der Waals surface area contributed by atoms with Gasteiger partial charge in [-0.3, -0.25) is 4.79 Å². The van der Waals surface area contributed by atoms with Gasteiger partial charge < -0.3 is 4.74 Å². The predicted molar refractivity (Wildman–Crippen MR) is 87.9 cm³/mol. The molecule has 0 aromatic heterocycles. The molecule has 122 valence electrons. The summed E-state index contributed by atoms with van der Waals surface area (Å²) in [5.74, 6) is -0.343. The molecule has 1 aromatic carbocycles. The van der Waals surface area contributed by atoms with Crippen LogP contribution in [0.2, 0.25) is 0 Å². The highest BCUT2D eigenvalue weighted by Gasteiger charge is 2.29. The Balaban J connectivity index is 2.27. The molecule has 0 N–H and O–H groups in total. The monoisotopic (exact) mass is 325 g/mol. The Morgan fingerprint density at radius 1 is 1.18 bits per heavy atom. The molecule has 1 aromatic rings. The predicted octanol–water partition coefficient (Wildman–Crippen LogP) is 4.70. The first-order valence-corrected chi connectivity index (χ1v) is 9.24. The third-order valence-corrected chi connectivity index (χ3v) is 4.33. The topological polar surface area (TPSA) is 52.6 Å². The first kappa shape index (κ1) is 18.8. The van der Waals surface area contributed by atoms with Gasteiger partial charge in [-0.25, -0.2) is 0 Å². The number of esters is 1. The first-order valence-electron chi connectivity index (χ1n) is 7.87. The van der Waals surface area contributed by atoms with Gasteiger partial charge in [-0.05, 0) is 29.4 Å². The van der Waals surface area contributed by atoms with Gasteiger partial charge in [0.1, 0.15) is 0 Å². The molecule has 22 heavy (non-hydrogen) atoms. The molecule has 0 fully saturated rings. The minimum absolute atomic E-state index is 0.0150. The van der Waals surface area contributed by atoms with E-state index in [1.165, 1.54) is 5.56 Å². The summed E-state index contributed by atoms with van der Waals surface area (Å²) >= 11 is 0. The second kappa shape index (κ2) is 10.5. The molecule has 0 aliphatic rings. The Hall–Kier alpha value is -1.25. The van der Waals surface area contributed by atoms with Gasteiger partial charge in [0.25, 0.3) is 6.29 Å². The van der Waals surface area contributed by atoms with Crippen molar-refractivity contribution in [2.75, 3.05) is 6.16 Å². The van der Waals surface area contributed by atoms with Crippen LogP contribution in [0.4, 0.5) is 0 Å². The Morgan fingerprint density at radius 3 is 2.45 bits per heavy atom. The first-order chi connectivity index (χ1) is 10.5. The third-order valence-electron chi connectivity index (χ3n) is 3.20. The van der Waals surface area contributed by atoms with Gasteiger partial charge in [0, 0.05) is 12.3 Å². The van der Waals surface area contributed by atoms with Crippen LogP contribution in [-0.2, 0) is 25.0 Å². The van der Waals surface area contributed by atoms with Gasteiger partial charge in [0.05, 0.1) is 0 Å². The lowest BCUT2D eigenvalue weighted by Gasteiger charge is -2.15. The van der Waals surface area contributed by atoms with Crippen molar-refractivity contribution in [2.45, 2.75) is 52.7 Å². The van der Waals surface area contributed by atoms with Gasteiger partial charge in [-0.2, -0.15) is 0 Å². The van der Waals surface area contributed by atoms with Crippen LogP contribution in [0.15, 0.2) is 30.3 Å². The zero-order valence-corrected chi connectivity index (χ0v) is 14.6. The lowest BCUT2D eigenvalue weighted by molar-refractivity contribution is -0.168. The minimum atomic E-state index is -1.80. The number of carbonyl (C=O) groups excluding carboxylic acids is 1. The normalized spacial score (nSPS) is 13.0. The minimum Gasteiger partial charge on any atom is -0.431 e. The summed E-state index contributed by atoms with van der Waals surface area (Å²) < 4.78 is 22.5. The number of hydrogen-bond donors (Lipinski definition) is 0. The third kappa shape index (κ3) is 7.67. The van der Waals surface area contributed by atoms with E-state index < -0.39 is 14.3 Å². The Labute approximate surface area is 134 Å². The molecule has 0 saturated heterocycles. The van der Waals surface area contributed by atoms with Crippen molar-refractivity contribution >= 4 is 14.0 Å². The maximum Gasteiger partial charge on any atom is 0.511 e. The van der Waals surface area contributed by atoms with Gasteiger partial charge in [-0.15, -0.1) is 4.52 Å². The van der Waals surface area contributed by atoms with Crippen LogP contribution in [0, 0.1) is 5.92 Å². The SMILES string of the molecule is CCC(=O)OC(O[P+](=O)CCCCc1ccccc1)C(C)C. The van der Waals surface area contributed by atoms with Crippen molar-refractivity contribution in [2.24, 2.45) is 5.92 Å². The Kier molecular flexibility index (Phi) is 8.95. The summed E-state index contributed by atoms with van der Waals surface area (Å²) in [7, 11) is -1.80. The van der Waals surface area contributed by atoms with Crippen molar-refractivity contribution in [3.8, 4) is 0 Å². The molecule has 0 bridgehead atoms.